The fraction of sp³-hybridized carbons (Fsp3) is 0.158. The molecular formula is C19H17BrN2O2. The van der Waals surface area contributed by atoms with Gasteiger partial charge in [-0.25, -0.2) is 0 Å². The maximum absolute atomic E-state index is 12.3. The van der Waals surface area contributed by atoms with Crippen molar-refractivity contribution in [3.63, 3.8) is 0 Å². The summed E-state index contributed by atoms with van der Waals surface area (Å²) in [5, 5.41) is 3.88. The number of rotatable bonds is 4. The van der Waals surface area contributed by atoms with Crippen LogP contribution in [-0.4, -0.2) is 10.9 Å². The van der Waals surface area contributed by atoms with Crippen LogP contribution in [0.15, 0.2) is 57.8 Å². The molecule has 0 unspecified atom stereocenters. The molecular weight excluding hydrogens is 368 g/mol. The summed E-state index contributed by atoms with van der Waals surface area (Å²) in [6.07, 6.45) is 1.83. The minimum atomic E-state index is -0.186. The van der Waals surface area contributed by atoms with E-state index < -0.39 is 0 Å². The van der Waals surface area contributed by atoms with Crippen LogP contribution in [-0.2, 0) is 6.42 Å². The highest BCUT2D eigenvalue weighted by Gasteiger charge is 2.08. The van der Waals surface area contributed by atoms with Gasteiger partial charge in [0.1, 0.15) is 0 Å². The smallest absolute Gasteiger partial charge is 0.255 e. The van der Waals surface area contributed by atoms with Gasteiger partial charge in [-0.05, 0) is 48.4 Å². The molecule has 1 amide bonds. The molecule has 5 heteroatoms. The van der Waals surface area contributed by atoms with Crippen LogP contribution in [0.3, 0.4) is 0 Å². The van der Waals surface area contributed by atoms with Crippen LogP contribution >= 0.6 is 15.9 Å². The fourth-order valence-corrected chi connectivity index (χ4v) is 2.96. The Morgan fingerprint density at radius 3 is 2.58 bits per heavy atom. The van der Waals surface area contributed by atoms with E-state index in [2.05, 4.69) is 33.2 Å². The zero-order valence-corrected chi connectivity index (χ0v) is 14.8. The number of carbonyl (C=O) groups excluding carboxylic acids is 1. The lowest BCUT2D eigenvalue weighted by atomic mass is 10.0. The molecule has 0 saturated carbocycles. The number of benzene rings is 2. The number of nitrogens with one attached hydrogen (secondary N) is 2. The Morgan fingerprint density at radius 1 is 1.12 bits per heavy atom. The summed E-state index contributed by atoms with van der Waals surface area (Å²) in [7, 11) is 0. The van der Waals surface area contributed by atoms with Crippen molar-refractivity contribution < 1.29 is 4.79 Å². The van der Waals surface area contributed by atoms with Crippen molar-refractivity contribution in [3.8, 4) is 0 Å². The van der Waals surface area contributed by atoms with Gasteiger partial charge in [-0.2, -0.15) is 0 Å². The van der Waals surface area contributed by atoms with Crippen molar-refractivity contribution in [3.05, 3.63) is 74.5 Å². The molecule has 2 aromatic carbocycles. The third-order valence-corrected chi connectivity index (χ3v) is 4.34. The molecule has 122 valence electrons. The molecule has 0 saturated heterocycles. The Balaban J connectivity index is 1.92. The average Bonchev–Trinajstić information content (AvgIpc) is 2.55. The molecule has 2 N–H and O–H groups in total. The molecule has 0 aliphatic heterocycles. The molecule has 0 atom stereocenters. The predicted octanol–water partition coefficient (Wildman–Crippen LogP) is 4.50. The molecule has 0 fully saturated rings. The lowest BCUT2D eigenvalue weighted by Gasteiger charge is -2.09. The number of fused-ring (bicyclic) bond motifs is 1. The van der Waals surface area contributed by atoms with E-state index >= 15 is 0 Å². The van der Waals surface area contributed by atoms with Gasteiger partial charge in [-0.3, -0.25) is 9.59 Å². The first-order chi connectivity index (χ1) is 11.6. The summed E-state index contributed by atoms with van der Waals surface area (Å²) in [6, 6.07) is 14.4. The van der Waals surface area contributed by atoms with Gasteiger partial charge in [0.05, 0.1) is 5.52 Å². The molecule has 0 spiro atoms. The van der Waals surface area contributed by atoms with Crippen LogP contribution in [0.25, 0.3) is 10.9 Å². The van der Waals surface area contributed by atoms with Crippen LogP contribution in [0.2, 0.25) is 0 Å². The van der Waals surface area contributed by atoms with Crippen molar-refractivity contribution in [2.24, 2.45) is 0 Å². The highest BCUT2D eigenvalue weighted by Crippen LogP contribution is 2.21. The monoisotopic (exact) mass is 384 g/mol. The first kappa shape index (κ1) is 16.5. The van der Waals surface area contributed by atoms with Gasteiger partial charge in [0.15, 0.2) is 0 Å². The number of aromatic nitrogens is 1. The SMILES string of the molecule is CCCc1cc(=O)[nH]c2cc(NC(=O)c3ccc(Br)cc3)ccc12. The van der Waals surface area contributed by atoms with E-state index in [9.17, 15) is 9.59 Å². The second kappa shape index (κ2) is 7.01. The van der Waals surface area contributed by atoms with Crippen molar-refractivity contribution in [1.29, 1.82) is 0 Å². The highest BCUT2D eigenvalue weighted by atomic mass is 79.9. The average molecular weight is 385 g/mol. The van der Waals surface area contributed by atoms with E-state index in [1.165, 1.54) is 0 Å². The molecule has 3 rings (SSSR count). The minimum absolute atomic E-state index is 0.123. The van der Waals surface area contributed by atoms with E-state index in [4.69, 9.17) is 0 Å². The molecule has 24 heavy (non-hydrogen) atoms. The molecule has 0 bridgehead atoms. The minimum Gasteiger partial charge on any atom is -0.322 e. The Labute approximate surface area is 148 Å². The molecule has 1 heterocycles. The molecule has 1 aromatic heterocycles. The predicted molar refractivity (Wildman–Crippen MR) is 101 cm³/mol. The van der Waals surface area contributed by atoms with Crippen LogP contribution in [0.5, 0.6) is 0 Å². The Bertz CT molecular complexity index is 946. The standard InChI is InChI=1S/C19H17BrN2O2/c1-2-3-13-10-18(23)22-17-11-15(8-9-16(13)17)21-19(24)12-4-6-14(20)7-5-12/h4-11H,2-3H2,1H3,(H,21,24)(H,22,23). The van der Waals surface area contributed by atoms with Crippen molar-refractivity contribution in [2.75, 3.05) is 5.32 Å². The highest BCUT2D eigenvalue weighted by molar-refractivity contribution is 9.10. The quantitative estimate of drug-likeness (QED) is 0.695. The van der Waals surface area contributed by atoms with E-state index in [1.54, 1.807) is 24.3 Å². The molecule has 0 aliphatic rings. The maximum Gasteiger partial charge on any atom is 0.255 e. The molecule has 0 aliphatic carbocycles. The number of aryl methyl sites for hydroxylation is 1. The molecule has 0 radical (unpaired) electrons. The number of carbonyl (C=O) groups is 1. The second-order valence-corrected chi connectivity index (χ2v) is 6.55. The Morgan fingerprint density at radius 2 is 1.88 bits per heavy atom. The summed E-state index contributed by atoms with van der Waals surface area (Å²) in [4.78, 5) is 27.0. The molecule has 3 aromatic rings. The second-order valence-electron chi connectivity index (χ2n) is 5.63. The molecule has 4 nitrogen and oxygen atoms in total. The number of halogens is 1. The number of amides is 1. The summed E-state index contributed by atoms with van der Waals surface area (Å²) >= 11 is 3.35. The third kappa shape index (κ3) is 3.57. The summed E-state index contributed by atoms with van der Waals surface area (Å²) in [5.74, 6) is -0.186. The number of pyridine rings is 1. The van der Waals surface area contributed by atoms with Gasteiger partial charge in [0.2, 0.25) is 5.56 Å². The van der Waals surface area contributed by atoms with Gasteiger partial charge in [0, 0.05) is 27.2 Å². The summed E-state index contributed by atoms with van der Waals surface area (Å²) in [5.41, 5.74) is 2.87. The number of H-pyrrole nitrogens is 1. The number of hydrogen-bond donors (Lipinski definition) is 2. The summed E-state index contributed by atoms with van der Waals surface area (Å²) < 4.78 is 0.922. The fourth-order valence-electron chi connectivity index (χ4n) is 2.69. The van der Waals surface area contributed by atoms with E-state index in [-0.39, 0.29) is 11.5 Å². The normalized spacial score (nSPS) is 10.8. The van der Waals surface area contributed by atoms with E-state index in [1.807, 2.05) is 24.3 Å². The van der Waals surface area contributed by atoms with Gasteiger partial charge < -0.3 is 10.3 Å². The van der Waals surface area contributed by atoms with Gasteiger partial charge in [-0.1, -0.05) is 35.3 Å². The Kier molecular flexibility index (Phi) is 4.81. The van der Waals surface area contributed by atoms with Crippen LogP contribution in [0, 0.1) is 0 Å². The third-order valence-electron chi connectivity index (χ3n) is 3.81. The van der Waals surface area contributed by atoms with Crippen molar-refractivity contribution >= 4 is 38.4 Å². The van der Waals surface area contributed by atoms with E-state index in [0.29, 0.717) is 11.3 Å². The zero-order chi connectivity index (χ0) is 17.1. The van der Waals surface area contributed by atoms with Gasteiger partial charge in [-0.15, -0.1) is 0 Å². The van der Waals surface area contributed by atoms with Crippen LogP contribution in [0.1, 0.15) is 29.3 Å². The number of hydrogen-bond acceptors (Lipinski definition) is 2. The largest absolute Gasteiger partial charge is 0.322 e. The van der Waals surface area contributed by atoms with Gasteiger partial charge in [0.25, 0.3) is 5.91 Å². The Hall–Kier alpha value is -2.40. The maximum atomic E-state index is 12.3. The van der Waals surface area contributed by atoms with Crippen LogP contribution < -0.4 is 10.9 Å². The zero-order valence-electron chi connectivity index (χ0n) is 13.2. The topological polar surface area (TPSA) is 62.0 Å². The van der Waals surface area contributed by atoms with Gasteiger partial charge >= 0.3 is 0 Å². The van der Waals surface area contributed by atoms with E-state index in [0.717, 1.165) is 33.8 Å². The number of aromatic amines is 1. The van der Waals surface area contributed by atoms with Crippen molar-refractivity contribution in [1.82, 2.24) is 4.98 Å². The first-order valence-electron chi connectivity index (χ1n) is 7.79. The summed E-state index contributed by atoms with van der Waals surface area (Å²) in [6.45, 7) is 2.08. The first-order valence-corrected chi connectivity index (χ1v) is 8.59. The number of anilines is 1. The lowest BCUT2D eigenvalue weighted by molar-refractivity contribution is 0.102. The van der Waals surface area contributed by atoms with Crippen LogP contribution in [0.4, 0.5) is 5.69 Å². The van der Waals surface area contributed by atoms with Crippen molar-refractivity contribution in [2.45, 2.75) is 19.8 Å². The lowest BCUT2D eigenvalue weighted by Crippen LogP contribution is -2.12.